The molecule has 0 saturated carbocycles. The molecule has 2 aliphatic heterocycles. The number of nitrogens with two attached hydrogens (primary N) is 1. The fraction of sp³-hybridized carbons (Fsp3) is 0.421. The molecule has 4 heterocycles. The van der Waals surface area contributed by atoms with E-state index in [1.807, 2.05) is 0 Å². The van der Waals surface area contributed by atoms with Crippen LogP contribution in [0.15, 0.2) is 30.9 Å². The largest absolute Gasteiger partial charge is 0.387 e. The Bertz CT molecular complexity index is 1270. The van der Waals surface area contributed by atoms with E-state index in [9.17, 15) is 10.2 Å². The minimum atomic E-state index is -3.19. The Hall–Kier alpha value is -1.44. The van der Waals surface area contributed by atoms with Gasteiger partial charge in [0.05, 0.1) is 25.6 Å². The third-order valence-electron chi connectivity index (χ3n) is 5.59. The van der Waals surface area contributed by atoms with Crippen LogP contribution in [0.25, 0.3) is 11.2 Å². The van der Waals surface area contributed by atoms with Crippen LogP contribution in [-0.2, 0) is 30.1 Å². The second-order valence-electron chi connectivity index (χ2n) is 7.75. The SMILES string of the molecule is Nc1ncnc2c1ncn2[C@@H]1O[C@H](COP2(=S)OCCC(c3cc(Cl)ccc3Cl)O2)[C@@H](O)[C@H]1O. The lowest BCUT2D eigenvalue weighted by atomic mass is 10.1. The number of aromatic nitrogens is 4. The van der Waals surface area contributed by atoms with Gasteiger partial charge in [-0.25, -0.2) is 15.0 Å². The van der Waals surface area contributed by atoms with Gasteiger partial charge >= 0.3 is 6.72 Å². The Morgan fingerprint density at radius 2 is 2.06 bits per heavy atom. The first kappa shape index (κ1) is 24.3. The third-order valence-corrected chi connectivity index (χ3v) is 8.53. The van der Waals surface area contributed by atoms with Gasteiger partial charge in [-0.3, -0.25) is 4.57 Å². The third kappa shape index (κ3) is 4.56. The minimum absolute atomic E-state index is 0.175. The summed E-state index contributed by atoms with van der Waals surface area (Å²) < 4.78 is 24.8. The predicted molar refractivity (Wildman–Crippen MR) is 127 cm³/mol. The van der Waals surface area contributed by atoms with Crippen LogP contribution < -0.4 is 5.73 Å². The number of nitrogen functional groups attached to an aromatic ring is 1. The molecule has 15 heteroatoms. The number of ether oxygens (including phenoxy) is 1. The Kier molecular flexibility index (Phi) is 6.81. The van der Waals surface area contributed by atoms with Crippen molar-refractivity contribution in [2.75, 3.05) is 18.9 Å². The molecule has 2 unspecified atom stereocenters. The summed E-state index contributed by atoms with van der Waals surface area (Å²) in [6.45, 7) is -3.07. The van der Waals surface area contributed by atoms with E-state index in [4.69, 9.17) is 59.1 Å². The van der Waals surface area contributed by atoms with E-state index in [0.717, 1.165) is 0 Å². The van der Waals surface area contributed by atoms with E-state index in [2.05, 4.69) is 15.0 Å². The molecule has 5 rings (SSSR count). The summed E-state index contributed by atoms with van der Waals surface area (Å²) in [5.41, 5.74) is 7.23. The summed E-state index contributed by atoms with van der Waals surface area (Å²) in [4.78, 5) is 12.2. The Morgan fingerprint density at radius 1 is 1.24 bits per heavy atom. The summed E-state index contributed by atoms with van der Waals surface area (Å²) in [6, 6.07) is 5.09. The second-order valence-corrected chi connectivity index (χ2v) is 11.6. The maximum atomic E-state index is 10.6. The number of rotatable bonds is 5. The standard InChI is InChI=1S/C19H20Cl2N5O6PS/c20-9-1-2-11(21)10(5-9)12-3-4-29-33(34,32-12)30-6-13-15(27)16(28)19(31-13)26-8-25-14-17(22)23-7-24-18(14)26/h1-2,5,7-8,12-13,15-16,19,27-28H,3-4,6H2,(H2,22,23,24)/t12?,13-,15-,16-,19-,33?/m1/s1. The molecule has 4 N–H and O–H groups in total. The van der Waals surface area contributed by atoms with Crippen molar-refractivity contribution in [3.63, 3.8) is 0 Å². The topological polar surface area (TPSA) is 147 Å². The maximum Gasteiger partial charge on any atom is 0.327 e. The monoisotopic (exact) mass is 547 g/mol. The molecule has 0 bridgehead atoms. The first-order chi connectivity index (χ1) is 16.3. The van der Waals surface area contributed by atoms with Crippen LogP contribution >= 0.6 is 29.9 Å². The molecule has 2 saturated heterocycles. The Labute approximate surface area is 209 Å². The molecule has 2 aromatic heterocycles. The van der Waals surface area contributed by atoms with Crippen LogP contribution in [0.2, 0.25) is 10.0 Å². The molecule has 2 fully saturated rings. The van der Waals surface area contributed by atoms with Gasteiger partial charge in [0.2, 0.25) is 0 Å². The van der Waals surface area contributed by atoms with Crippen LogP contribution in [0.4, 0.5) is 5.82 Å². The Balaban J connectivity index is 1.28. The highest BCUT2D eigenvalue weighted by atomic mass is 35.5. The van der Waals surface area contributed by atoms with Gasteiger partial charge in [0.25, 0.3) is 0 Å². The molecule has 6 atom stereocenters. The van der Waals surface area contributed by atoms with Gasteiger partial charge in [-0.05, 0) is 30.0 Å². The molecule has 182 valence electrons. The van der Waals surface area contributed by atoms with Gasteiger partial charge in [0, 0.05) is 22.0 Å². The Morgan fingerprint density at radius 3 is 2.88 bits per heavy atom. The van der Waals surface area contributed by atoms with Crippen LogP contribution in [-0.4, -0.2) is 61.3 Å². The van der Waals surface area contributed by atoms with Crippen molar-refractivity contribution in [3.8, 4) is 0 Å². The first-order valence-corrected chi connectivity index (χ1v) is 13.5. The highest BCUT2D eigenvalue weighted by molar-refractivity contribution is 8.07. The molecule has 34 heavy (non-hydrogen) atoms. The van der Waals surface area contributed by atoms with E-state index < -0.39 is 37.4 Å². The van der Waals surface area contributed by atoms with E-state index in [-0.39, 0.29) is 12.4 Å². The van der Waals surface area contributed by atoms with Crippen LogP contribution in [0, 0.1) is 0 Å². The zero-order valence-electron chi connectivity index (χ0n) is 17.4. The van der Waals surface area contributed by atoms with Gasteiger partial charge < -0.3 is 34.3 Å². The van der Waals surface area contributed by atoms with E-state index >= 15 is 0 Å². The van der Waals surface area contributed by atoms with Gasteiger partial charge in [0.15, 0.2) is 17.7 Å². The highest BCUT2D eigenvalue weighted by Crippen LogP contribution is 2.58. The van der Waals surface area contributed by atoms with Gasteiger partial charge in [-0.15, -0.1) is 0 Å². The molecule has 1 aromatic carbocycles. The fourth-order valence-corrected chi connectivity index (χ4v) is 6.39. The molecule has 2 aliphatic rings. The predicted octanol–water partition coefficient (Wildman–Crippen LogP) is 2.75. The van der Waals surface area contributed by atoms with Crippen molar-refractivity contribution in [1.82, 2.24) is 19.5 Å². The second kappa shape index (κ2) is 9.55. The van der Waals surface area contributed by atoms with Crippen LogP contribution in [0.1, 0.15) is 24.3 Å². The van der Waals surface area contributed by atoms with Crippen LogP contribution in [0.5, 0.6) is 0 Å². The van der Waals surface area contributed by atoms with Crippen molar-refractivity contribution in [3.05, 3.63) is 46.5 Å². The number of aliphatic hydroxyl groups excluding tert-OH is 2. The summed E-state index contributed by atoms with van der Waals surface area (Å²) in [6.07, 6.45) is -1.70. The van der Waals surface area contributed by atoms with Crippen molar-refractivity contribution in [2.24, 2.45) is 0 Å². The summed E-state index contributed by atoms with van der Waals surface area (Å²) in [5, 5.41) is 22.2. The number of halogens is 2. The molecule has 0 radical (unpaired) electrons. The van der Waals surface area contributed by atoms with Gasteiger partial charge in [-0.2, -0.15) is 0 Å². The lowest BCUT2D eigenvalue weighted by Crippen LogP contribution is -2.34. The summed E-state index contributed by atoms with van der Waals surface area (Å²) >= 11 is 17.9. The highest BCUT2D eigenvalue weighted by Gasteiger charge is 2.45. The summed E-state index contributed by atoms with van der Waals surface area (Å²) in [7, 11) is 0. The zero-order chi connectivity index (χ0) is 24.0. The minimum Gasteiger partial charge on any atom is -0.387 e. The van der Waals surface area contributed by atoms with E-state index in [0.29, 0.717) is 39.8 Å². The number of fused-ring (bicyclic) bond motifs is 1. The molecular weight excluding hydrogens is 528 g/mol. The zero-order valence-corrected chi connectivity index (χ0v) is 20.6. The van der Waals surface area contributed by atoms with Crippen molar-refractivity contribution in [1.29, 1.82) is 0 Å². The summed E-state index contributed by atoms with van der Waals surface area (Å²) in [5.74, 6) is 0.190. The fourth-order valence-electron chi connectivity index (χ4n) is 3.87. The van der Waals surface area contributed by atoms with Crippen LogP contribution in [0.3, 0.4) is 0 Å². The number of imidazole rings is 1. The molecule has 0 spiro atoms. The van der Waals surface area contributed by atoms with E-state index in [1.54, 1.807) is 18.2 Å². The molecule has 0 amide bonds. The first-order valence-electron chi connectivity index (χ1n) is 10.2. The number of aliphatic hydroxyl groups is 2. The number of hydrogen-bond acceptors (Lipinski definition) is 11. The number of anilines is 1. The quantitative estimate of drug-likeness (QED) is 0.405. The van der Waals surface area contributed by atoms with Crippen molar-refractivity contribution >= 4 is 58.7 Å². The lowest BCUT2D eigenvalue weighted by Gasteiger charge is -2.33. The number of benzene rings is 1. The normalized spacial score (nSPS) is 31.8. The van der Waals surface area contributed by atoms with E-state index in [1.165, 1.54) is 17.2 Å². The van der Waals surface area contributed by atoms with Gasteiger partial charge in [-0.1, -0.05) is 23.2 Å². The average molecular weight is 548 g/mol. The number of hydrogen-bond donors (Lipinski definition) is 3. The lowest BCUT2D eigenvalue weighted by molar-refractivity contribution is -0.0533. The van der Waals surface area contributed by atoms with Crippen molar-refractivity contribution in [2.45, 2.75) is 37.1 Å². The average Bonchev–Trinajstić information content (AvgIpc) is 3.36. The van der Waals surface area contributed by atoms with Crippen molar-refractivity contribution < 1.29 is 28.5 Å². The molecule has 0 aliphatic carbocycles. The molecular formula is C19H20Cl2N5O6PS. The maximum absolute atomic E-state index is 10.6. The smallest absolute Gasteiger partial charge is 0.327 e. The molecule has 11 nitrogen and oxygen atoms in total. The molecule has 3 aromatic rings. The van der Waals surface area contributed by atoms with Gasteiger partial charge in [0.1, 0.15) is 30.2 Å². The number of nitrogens with zero attached hydrogens (tertiary/aromatic N) is 4.